The maximum atomic E-state index is 11.7. The van der Waals surface area contributed by atoms with Crippen molar-refractivity contribution in [2.45, 2.75) is 52.1 Å². The first-order valence-electron chi connectivity index (χ1n) is 7.84. The fourth-order valence-electron chi connectivity index (χ4n) is 1.59. The Hall–Kier alpha value is 0.0800. The van der Waals surface area contributed by atoms with Gasteiger partial charge in [-0.2, -0.15) is 16.8 Å². The largest absolute Gasteiger partial charge is 0.283 e. The highest BCUT2D eigenvalue weighted by Gasteiger charge is 2.19. The predicted octanol–water partition coefficient (Wildman–Crippen LogP) is 1.01. The molecule has 0 rings (SSSR count). The van der Waals surface area contributed by atoms with Gasteiger partial charge in [0, 0.05) is 17.1 Å². The Bertz CT molecular complexity index is 662. The van der Waals surface area contributed by atoms with Gasteiger partial charge in [-0.05, 0) is 33.6 Å². The molecule has 2 unspecified atom stereocenters. The zero-order valence-corrected chi connectivity index (χ0v) is 18.7. The van der Waals surface area contributed by atoms with Crippen LogP contribution in [0.5, 0.6) is 0 Å². The van der Waals surface area contributed by atoms with E-state index in [0.717, 1.165) is 0 Å². The summed E-state index contributed by atoms with van der Waals surface area (Å²) in [6.07, 6.45) is 2.91. The second kappa shape index (κ2) is 11.8. The molecule has 0 radical (unpaired) electrons. The van der Waals surface area contributed by atoms with E-state index >= 15 is 0 Å². The Labute approximate surface area is 161 Å². The summed E-state index contributed by atoms with van der Waals surface area (Å²) >= 11 is -1.87. The van der Waals surface area contributed by atoms with E-state index in [2.05, 4.69) is 8.37 Å². The summed E-state index contributed by atoms with van der Waals surface area (Å²) in [5.74, 6) is -1.39. The van der Waals surface area contributed by atoms with Gasteiger partial charge in [0.25, 0.3) is 20.2 Å². The Balaban J connectivity index is 3.95. The molecule has 0 bridgehead atoms. The van der Waals surface area contributed by atoms with Crippen molar-refractivity contribution in [1.82, 2.24) is 0 Å². The molecule has 0 N–H and O–H groups in total. The molecule has 0 spiro atoms. The van der Waals surface area contributed by atoms with E-state index in [4.69, 9.17) is 4.18 Å². The topological polar surface area (TPSA) is 130 Å². The van der Waals surface area contributed by atoms with Crippen molar-refractivity contribution < 1.29 is 37.8 Å². The van der Waals surface area contributed by atoms with Gasteiger partial charge < -0.3 is 0 Å². The van der Waals surface area contributed by atoms with Crippen LogP contribution >= 0.6 is 0 Å². The molecule has 0 aliphatic heterocycles. The molecule has 0 saturated carbocycles. The smallest absolute Gasteiger partial charge is 0.268 e. The van der Waals surface area contributed by atoms with Crippen LogP contribution in [0.25, 0.3) is 0 Å². The van der Waals surface area contributed by atoms with E-state index < -0.39 is 53.7 Å². The first-order valence-corrected chi connectivity index (χ1v) is 14.0. The van der Waals surface area contributed by atoms with Crippen molar-refractivity contribution >= 4 is 42.1 Å². The van der Waals surface area contributed by atoms with Gasteiger partial charge in [0.2, 0.25) is 0 Å². The maximum absolute atomic E-state index is 11.7. The molecule has 0 aromatic heterocycles. The summed E-state index contributed by atoms with van der Waals surface area (Å²) in [6.45, 7) is 5.06. The lowest BCUT2D eigenvalue weighted by Gasteiger charge is -2.17. The molecule has 0 saturated heterocycles. The van der Waals surface area contributed by atoms with E-state index in [1.165, 1.54) is 6.26 Å². The van der Waals surface area contributed by atoms with Gasteiger partial charge in [-0.3, -0.25) is 16.8 Å². The van der Waals surface area contributed by atoms with Crippen LogP contribution in [-0.4, -0.2) is 60.5 Å². The fraction of sp³-hybridized carbons (Fsp3) is 1.00. The van der Waals surface area contributed by atoms with E-state index in [9.17, 15) is 25.3 Å². The summed E-state index contributed by atoms with van der Waals surface area (Å²) in [5.41, 5.74) is -0.672. The first-order chi connectivity index (χ1) is 11.7. The molecular formula is C13H28O9S4. The molecule has 158 valence electrons. The average molecular weight is 457 g/mol. The Morgan fingerprint density at radius 2 is 1.19 bits per heavy atom. The molecule has 2 atom stereocenters. The third kappa shape index (κ3) is 16.3. The van der Waals surface area contributed by atoms with Gasteiger partial charge >= 0.3 is 0 Å². The SMILES string of the molecule is CS(=O)COS(=O)(=O)CCCCCCS(=O)(=O)OCS(=O)OC(C)(C)C. The highest BCUT2D eigenvalue weighted by Crippen LogP contribution is 2.11. The van der Waals surface area contributed by atoms with Crippen molar-refractivity contribution in [2.24, 2.45) is 0 Å². The van der Waals surface area contributed by atoms with Crippen molar-refractivity contribution in [1.29, 1.82) is 0 Å². The number of hydrogen-bond acceptors (Lipinski definition) is 9. The van der Waals surface area contributed by atoms with Crippen LogP contribution in [0.4, 0.5) is 0 Å². The second-order valence-electron chi connectivity index (χ2n) is 6.48. The minimum atomic E-state index is -3.82. The minimum absolute atomic E-state index is 0.212. The van der Waals surface area contributed by atoms with Crippen molar-refractivity contribution in [3.05, 3.63) is 0 Å². The predicted molar refractivity (Wildman–Crippen MR) is 101 cm³/mol. The molecule has 26 heavy (non-hydrogen) atoms. The molecular weight excluding hydrogens is 428 g/mol. The quantitative estimate of drug-likeness (QED) is 0.277. The highest BCUT2D eigenvalue weighted by molar-refractivity contribution is 7.88. The molecule has 0 heterocycles. The lowest BCUT2D eigenvalue weighted by Crippen LogP contribution is -2.24. The first kappa shape index (κ1) is 26.1. The van der Waals surface area contributed by atoms with Gasteiger partial charge in [0.1, 0.15) is 5.94 Å². The van der Waals surface area contributed by atoms with Crippen LogP contribution in [0.2, 0.25) is 0 Å². The highest BCUT2D eigenvalue weighted by atomic mass is 32.2. The van der Waals surface area contributed by atoms with Gasteiger partial charge in [0.15, 0.2) is 17.0 Å². The molecule has 9 nitrogen and oxygen atoms in total. The lowest BCUT2D eigenvalue weighted by atomic mass is 10.2. The molecule has 0 aliphatic rings. The summed E-state index contributed by atoms with van der Waals surface area (Å²) in [6, 6.07) is 0. The van der Waals surface area contributed by atoms with Crippen LogP contribution in [0, 0.1) is 0 Å². The van der Waals surface area contributed by atoms with Gasteiger partial charge in [-0.1, -0.05) is 12.8 Å². The molecule has 0 fully saturated rings. The standard InChI is InChI=1S/C13H28O9S4/c1-13(2,3)22-24(15)12-21-26(18,19)10-8-6-5-7-9-25(16,17)20-11-23(4)14/h5-12H2,1-4H3. The molecule has 0 amide bonds. The zero-order chi connectivity index (χ0) is 20.4. The third-order valence-corrected chi connectivity index (χ3v) is 6.87. The number of hydrogen-bond donors (Lipinski definition) is 0. The van der Waals surface area contributed by atoms with E-state index in [1.54, 1.807) is 20.8 Å². The summed E-state index contributed by atoms with van der Waals surface area (Å²) in [5, 5.41) is 0. The second-order valence-corrected chi connectivity index (χ2v) is 12.4. The average Bonchev–Trinajstić information content (AvgIpc) is 2.45. The fourth-order valence-corrected chi connectivity index (χ4v) is 5.57. The maximum Gasteiger partial charge on any atom is 0.268 e. The van der Waals surface area contributed by atoms with Crippen LogP contribution < -0.4 is 0 Å². The summed E-state index contributed by atoms with van der Waals surface area (Å²) in [4.78, 5) is 0. The lowest BCUT2D eigenvalue weighted by molar-refractivity contribution is 0.147. The van der Waals surface area contributed by atoms with E-state index in [0.29, 0.717) is 19.3 Å². The summed E-state index contributed by atoms with van der Waals surface area (Å²) < 4.78 is 82.9. The van der Waals surface area contributed by atoms with Gasteiger partial charge in [0.05, 0.1) is 17.1 Å². The zero-order valence-electron chi connectivity index (χ0n) is 15.5. The third-order valence-electron chi connectivity index (χ3n) is 2.60. The normalized spacial score (nSPS) is 15.7. The number of rotatable bonds is 14. The summed E-state index contributed by atoms with van der Waals surface area (Å²) in [7, 11) is -8.88. The van der Waals surface area contributed by atoms with E-state index in [-0.39, 0.29) is 23.9 Å². The number of unbranched alkanes of at least 4 members (excludes halogenated alkanes) is 3. The van der Waals surface area contributed by atoms with Gasteiger partial charge in [-0.25, -0.2) is 4.21 Å². The molecule has 0 aromatic rings. The van der Waals surface area contributed by atoms with Crippen molar-refractivity contribution in [2.75, 3.05) is 29.6 Å². The van der Waals surface area contributed by atoms with Crippen LogP contribution in [0.15, 0.2) is 0 Å². The van der Waals surface area contributed by atoms with Crippen molar-refractivity contribution in [3.63, 3.8) is 0 Å². The molecule has 0 aliphatic carbocycles. The molecule has 0 aromatic carbocycles. The van der Waals surface area contributed by atoms with Gasteiger partial charge in [-0.15, -0.1) is 0 Å². The van der Waals surface area contributed by atoms with Crippen LogP contribution in [0.3, 0.4) is 0 Å². The Morgan fingerprint density at radius 1 is 0.769 bits per heavy atom. The van der Waals surface area contributed by atoms with Crippen LogP contribution in [0.1, 0.15) is 46.5 Å². The van der Waals surface area contributed by atoms with Crippen LogP contribution in [-0.2, 0) is 54.7 Å². The minimum Gasteiger partial charge on any atom is -0.283 e. The monoisotopic (exact) mass is 456 g/mol. The van der Waals surface area contributed by atoms with E-state index in [1.807, 2.05) is 0 Å². The Morgan fingerprint density at radius 3 is 1.58 bits per heavy atom. The molecule has 13 heteroatoms. The van der Waals surface area contributed by atoms with Crippen molar-refractivity contribution in [3.8, 4) is 0 Å². The Kier molecular flexibility index (Phi) is 11.9.